The van der Waals surface area contributed by atoms with Crippen molar-refractivity contribution >= 4 is 94.5 Å². The minimum Gasteiger partial charge on any atom is -0.497 e. The molecule has 31 heteroatoms. The van der Waals surface area contributed by atoms with E-state index >= 15 is 0 Å². The summed E-state index contributed by atoms with van der Waals surface area (Å²) in [5.74, 6) is 2.46. The summed E-state index contributed by atoms with van der Waals surface area (Å²) in [6.45, 7) is 3.98. The number of fused-ring (bicyclic) bond motifs is 4. The van der Waals surface area contributed by atoms with Crippen LogP contribution in [0.3, 0.4) is 0 Å². The molecule has 0 bridgehead atoms. The molecule has 6 aromatic carbocycles. The summed E-state index contributed by atoms with van der Waals surface area (Å²) in [7, 11) is -9.25. The van der Waals surface area contributed by atoms with E-state index < -0.39 is 57.3 Å². The van der Waals surface area contributed by atoms with Gasteiger partial charge in [0, 0.05) is 135 Å². The lowest BCUT2D eigenvalue weighted by molar-refractivity contribution is 0.136. The molecule has 0 radical (unpaired) electrons. The molecule has 20 rings (SSSR count). The molecule has 0 N–H and O–H groups in total. The molecular formula is C91H93F2N9O15S5. The van der Waals surface area contributed by atoms with Gasteiger partial charge in [0.25, 0.3) is 0 Å². The Bertz CT molecular complexity index is 6120. The number of thiophene rings is 1. The highest BCUT2D eigenvalue weighted by Crippen LogP contribution is 2.44. The number of pyridine rings is 4. The highest BCUT2D eigenvalue weighted by molar-refractivity contribution is 7.90. The predicted molar refractivity (Wildman–Crippen MR) is 465 cm³/mol. The SMILES string of the molecule is COc1cc(OC)cc(-c2cc(OC3CCN(S(=O)(=O)C4CC4)CC3)c3cnccc3c2)c1.N#Cc1c(F)cc(-c2cc(OC3CCN(S(=O)(=O)C4CC4)CC3)c3cnccc3c2)cc1F.O=S(=O)(C1CC1)N1CCC(Oc2cc(-c3ccoc3)cc3ccncc23)CC1.O=S(=O)(C1CC1)N1CCC(Oc2cc(-c3ccsc3)cc3ccncc23)CC1. The van der Waals surface area contributed by atoms with E-state index in [-0.39, 0.29) is 51.0 Å². The third-order valence-electron chi connectivity index (χ3n) is 23.8. The van der Waals surface area contributed by atoms with Crippen LogP contribution in [0.4, 0.5) is 8.78 Å². The number of ether oxygens (including phenoxy) is 6. The fourth-order valence-electron chi connectivity index (χ4n) is 16.2. The van der Waals surface area contributed by atoms with E-state index in [2.05, 4.69) is 61.0 Å². The second-order valence-electron chi connectivity index (χ2n) is 32.2. The summed E-state index contributed by atoms with van der Waals surface area (Å²) in [5, 5.41) is 20.1. The molecule has 6 aromatic heterocycles. The molecule has 8 fully saturated rings. The maximum atomic E-state index is 14.2. The number of sulfonamides is 4. The number of halogens is 2. The average Bonchev–Trinajstić information content (AvgIpc) is 1.77. The number of benzene rings is 6. The minimum atomic E-state index is -3.20. The van der Waals surface area contributed by atoms with Crippen LogP contribution in [0.15, 0.2) is 193 Å². The van der Waals surface area contributed by atoms with Crippen LogP contribution < -0.4 is 28.4 Å². The molecule has 0 atom stereocenters. The normalized spacial score (nSPS) is 18.4. The molecule has 0 unspecified atom stereocenters. The van der Waals surface area contributed by atoms with Crippen LogP contribution in [-0.2, 0) is 40.1 Å². The Labute approximate surface area is 712 Å². The number of rotatable bonds is 22. The predicted octanol–water partition coefficient (Wildman–Crippen LogP) is 16.8. The minimum absolute atomic E-state index is 0.00587. The van der Waals surface area contributed by atoms with Gasteiger partial charge in [-0.25, -0.2) is 59.7 Å². The van der Waals surface area contributed by atoms with Crippen molar-refractivity contribution in [3.8, 4) is 85.1 Å². The van der Waals surface area contributed by atoms with Crippen molar-refractivity contribution in [1.29, 1.82) is 5.26 Å². The van der Waals surface area contributed by atoms with E-state index in [4.69, 9.17) is 38.1 Å². The number of aromatic nitrogens is 4. The number of nitrogens with zero attached hydrogens (tertiary/aromatic N) is 9. The lowest BCUT2D eigenvalue weighted by atomic mass is 9.99. The molecule has 10 heterocycles. The standard InChI is InChI=1S/C25H28N2O5S.C24H21F2N3O3S.C21H22N2O4S.C21H22N2O3S2/c1-30-21-12-19(13-22(15-21)31-2)18-11-17-5-8-26-16-24(17)25(14-18)32-20-6-9-27(10-7-20)33(28,29)23-3-4-23;25-22-10-17(11-23(26)20(22)13-27)16-9-15-3-6-28-14-21(15)24(12-16)32-18-4-7-29(8-5-18)33(30,31)19-1-2-19;24-28(25,19-1-2-19)23-8-4-18(5-9-23)27-21-12-17(16-6-10-26-14-16)11-15-3-7-22-13-20(15)21;24-28(25,19-1-2-19)23-8-4-18(5-9-23)26-21-12-17(16-6-10-27-14-16)11-15-3-7-22-13-20(15)21/h5,8,11-16,20,23H,3-4,6-7,9-10H2,1-2H3;3,6,9-12,14,18-19H,1-2,4-5,7-8H2;2*3,6-7,10-14,18-19H,1-2,4-5,8-9H2. The summed E-state index contributed by atoms with van der Waals surface area (Å²) in [6, 6.07) is 37.3. The van der Waals surface area contributed by atoms with Gasteiger partial charge >= 0.3 is 0 Å². The van der Waals surface area contributed by atoms with Gasteiger partial charge < -0.3 is 32.8 Å². The van der Waals surface area contributed by atoms with Crippen LogP contribution in [0, 0.1) is 23.0 Å². The Morgan fingerprint density at radius 3 is 0.943 bits per heavy atom. The Morgan fingerprint density at radius 2 is 0.672 bits per heavy atom. The van der Waals surface area contributed by atoms with Crippen LogP contribution in [0.2, 0.25) is 0 Å². The molecule has 0 spiro atoms. The molecule has 4 saturated heterocycles. The zero-order valence-electron chi connectivity index (χ0n) is 67.4. The second kappa shape index (κ2) is 35.9. The van der Waals surface area contributed by atoms with Gasteiger partial charge in [0.05, 0.1) is 47.7 Å². The Kier molecular flexibility index (Phi) is 24.7. The van der Waals surface area contributed by atoms with Crippen molar-refractivity contribution in [1.82, 2.24) is 37.2 Å². The van der Waals surface area contributed by atoms with Crippen molar-refractivity contribution < 1.29 is 75.3 Å². The Balaban J connectivity index is 0.000000116. The van der Waals surface area contributed by atoms with Crippen LogP contribution in [0.5, 0.6) is 34.5 Å². The Hall–Kier alpha value is -10.3. The third kappa shape index (κ3) is 18.9. The molecule has 4 aliphatic heterocycles. The van der Waals surface area contributed by atoms with Gasteiger partial charge in [0.2, 0.25) is 40.1 Å². The van der Waals surface area contributed by atoms with Gasteiger partial charge in [0.1, 0.15) is 82.2 Å². The van der Waals surface area contributed by atoms with Crippen LogP contribution in [-0.4, -0.2) is 183 Å². The zero-order chi connectivity index (χ0) is 84.4. The summed E-state index contributed by atoms with van der Waals surface area (Å²) >= 11 is 1.68. The van der Waals surface area contributed by atoms with E-state index in [0.717, 1.165) is 164 Å². The molecule has 4 saturated carbocycles. The van der Waals surface area contributed by atoms with Crippen molar-refractivity contribution in [3.05, 3.63) is 205 Å². The van der Waals surface area contributed by atoms with Crippen molar-refractivity contribution in [2.75, 3.05) is 66.6 Å². The highest BCUT2D eigenvalue weighted by Gasteiger charge is 2.45. The summed E-state index contributed by atoms with van der Waals surface area (Å²) in [4.78, 5) is 17.0. The van der Waals surface area contributed by atoms with Gasteiger partial charge in [0.15, 0.2) is 0 Å². The first kappa shape index (κ1) is 84.0. The Morgan fingerprint density at radius 1 is 0.377 bits per heavy atom. The lowest BCUT2D eigenvalue weighted by Crippen LogP contribution is -2.43. The fourth-order valence-corrected chi connectivity index (χ4v) is 24.4. The number of nitriles is 1. The molecule has 0 amide bonds. The van der Waals surface area contributed by atoms with Crippen LogP contribution in [0.25, 0.3) is 87.6 Å². The molecular weight excluding hydrogens is 1660 g/mol. The highest BCUT2D eigenvalue weighted by atomic mass is 32.2. The van der Waals surface area contributed by atoms with Gasteiger partial charge in [-0.1, -0.05) is 0 Å². The van der Waals surface area contributed by atoms with Gasteiger partial charge in [-0.05, 0) is 283 Å². The maximum Gasteiger partial charge on any atom is 0.216 e. The zero-order valence-corrected chi connectivity index (χ0v) is 71.5. The van der Waals surface area contributed by atoms with Gasteiger partial charge in [-0.2, -0.15) is 16.6 Å². The summed E-state index contributed by atoms with van der Waals surface area (Å²) < 4.78 is 176. The quantitative estimate of drug-likeness (QED) is 0.0609. The maximum absolute atomic E-state index is 14.2. The van der Waals surface area contributed by atoms with E-state index in [1.807, 2.05) is 73.2 Å². The molecule has 8 aliphatic rings. The number of furan rings is 1. The average molecular weight is 1750 g/mol. The number of hydrogen-bond acceptors (Lipinski definition) is 21. The molecule has 4 aliphatic carbocycles. The van der Waals surface area contributed by atoms with Gasteiger partial charge in [-0.3, -0.25) is 19.9 Å². The fraction of sp³-hybridized carbons (Fsp3) is 0.374. The molecule has 636 valence electrons. The van der Waals surface area contributed by atoms with E-state index in [9.17, 15) is 42.5 Å². The van der Waals surface area contributed by atoms with Crippen LogP contribution in [0.1, 0.15) is 108 Å². The first-order valence-corrected chi connectivity index (χ1v) is 48.3. The topological polar surface area (TPSA) is 293 Å². The van der Waals surface area contributed by atoms with E-state index in [0.29, 0.717) is 114 Å². The number of methoxy groups -OCH3 is 2. The smallest absolute Gasteiger partial charge is 0.216 e. The van der Waals surface area contributed by atoms with Gasteiger partial charge in [-0.15, -0.1) is 0 Å². The first-order chi connectivity index (χ1) is 59.1. The molecule has 12 aromatic rings. The number of piperidine rings is 4. The van der Waals surface area contributed by atoms with Crippen molar-refractivity contribution in [2.24, 2.45) is 0 Å². The molecule has 24 nitrogen and oxygen atoms in total. The second-order valence-corrected chi connectivity index (χ2v) is 41.8. The summed E-state index contributed by atoms with van der Waals surface area (Å²) in [6.07, 6.45) is 28.8. The third-order valence-corrected chi connectivity index (χ3v) is 34.0. The number of hydrogen-bond donors (Lipinski definition) is 0. The lowest BCUT2D eigenvalue weighted by Gasteiger charge is -2.31. The van der Waals surface area contributed by atoms with Crippen molar-refractivity contribution in [3.63, 3.8) is 0 Å². The molecule has 122 heavy (non-hydrogen) atoms. The first-order valence-electron chi connectivity index (χ1n) is 41.4. The van der Waals surface area contributed by atoms with Crippen LogP contribution >= 0.6 is 11.3 Å². The van der Waals surface area contributed by atoms with E-state index in [1.54, 1.807) is 104 Å². The summed E-state index contributed by atoms with van der Waals surface area (Å²) in [5.41, 5.74) is 6.48. The van der Waals surface area contributed by atoms with Crippen molar-refractivity contribution in [2.45, 2.75) is 148 Å². The van der Waals surface area contributed by atoms with E-state index in [1.165, 1.54) is 11.6 Å². The monoisotopic (exact) mass is 1750 g/mol. The largest absolute Gasteiger partial charge is 0.497 e.